The highest BCUT2D eigenvalue weighted by Crippen LogP contribution is 2.19. The zero-order valence-electron chi connectivity index (χ0n) is 11.1. The number of carbonyl (C=O) groups excluding carboxylic acids is 1. The quantitative estimate of drug-likeness (QED) is 0.852. The molecule has 100 valence electrons. The van der Waals surface area contributed by atoms with Crippen LogP contribution in [0.1, 0.15) is 12.5 Å². The molecule has 0 aliphatic rings. The predicted molar refractivity (Wildman–Crippen MR) is 76.7 cm³/mol. The summed E-state index contributed by atoms with van der Waals surface area (Å²) in [7, 11) is 0. The van der Waals surface area contributed by atoms with E-state index in [4.69, 9.17) is 5.73 Å². The average Bonchev–Trinajstić information content (AvgIpc) is 2.45. The third-order valence-corrected chi connectivity index (χ3v) is 3.22. The number of carbonyl (C=O) groups is 1. The van der Waals surface area contributed by atoms with Crippen LogP contribution in [0.15, 0.2) is 36.7 Å². The second-order valence-corrected chi connectivity index (χ2v) is 4.55. The third-order valence-electron chi connectivity index (χ3n) is 3.22. The van der Waals surface area contributed by atoms with Gasteiger partial charge in [-0.2, -0.15) is 0 Å². The van der Waals surface area contributed by atoms with Crippen molar-refractivity contribution in [3.63, 3.8) is 0 Å². The van der Waals surface area contributed by atoms with Crippen LogP contribution < -0.4 is 11.1 Å². The molecule has 0 fully saturated rings. The molecule has 0 saturated heterocycles. The van der Waals surface area contributed by atoms with Crippen LogP contribution in [0.25, 0.3) is 10.8 Å². The number of rotatable bonds is 5. The maximum absolute atomic E-state index is 11.9. The molecule has 0 aliphatic heterocycles. The van der Waals surface area contributed by atoms with Gasteiger partial charge in [-0.3, -0.25) is 9.78 Å². The van der Waals surface area contributed by atoms with Crippen molar-refractivity contribution in [2.24, 2.45) is 11.7 Å². The molecule has 19 heavy (non-hydrogen) atoms. The minimum absolute atomic E-state index is 0.0120. The zero-order valence-corrected chi connectivity index (χ0v) is 11.1. The second kappa shape index (κ2) is 6.29. The third kappa shape index (κ3) is 3.09. The number of nitrogens with one attached hydrogen (secondary N) is 1. The van der Waals surface area contributed by atoms with E-state index in [0.29, 0.717) is 19.5 Å². The molecule has 3 N–H and O–H groups in total. The summed E-state index contributed by atoms with van der Waals surface area (Å²) in [5.41, 5.74) is 6.78. The number of aromatic nitrogens is 1. The number of hydrogen-bond acceptors (Lipinski definition) is 3. The molecule has 2 rings (SSSR count). The summed E-state index contributed by atoms with van der Waals surface area (Å²) in [6.45, 7) is 2.88. The van der Waals surface area contributed by atoms with Gasteiger partial charge in [-0.05, 0) is 24.3 Å². The van der Waals surface area contributed by atoms with Gasteiger partial charge in [-0.1, -0.05) is 24.3 Å². The molecular weight excluding hydrogens is 238 g/mol. The molecule has 1 aromatic heterocycles. The lowest BCUT2D eigenvalue weighted by Gasteiger charge is -2.15. The molecule has 0 saturated carbocycles. The Morgan fingerprint density at radius 1 is 1.37 bits per heavy atom. The topological polar surface area (TPSA) is 68.0 Å². The molecule has 1 atom stereocenters. The van der Waals surface area contributed by atoms with Crippen LogP contribution in [0.2, 0.25) is 0 Å². The maximum Gasteiger partial charge on any atom is 0.224 e. The smallest absolute Gasteiger partial charge is 0.224 e. The van der Waals surface area contributed by atoms with Crippen LogP contribution in [0, 0.1) is 5.92 Å². The summed E-state index contributed by atoms with van der Waals surface area (Å²) >= 11 is 0. The summed E-state index contributed by atoms with van der Waals surface area (Å²) in [6.07, 6.45) is 4.28. The van der Waals surface area contributed by atoms with Gasteiger partial charge in [0.1, 0.15) is 0 Å². The first-order valence-corrected chi connectivity index (χ1v) is 6.55. The number of nitrogens with two attached hydrogens (primary N) is 1. The maximum atomic E-state index is 11.9. The van der Waals surface area contributed by atoms with Crippen molar-refractivity contribution in [3.05, 3.63) is 42.2 Å². The number of fused-ring (bicyclic) bond motifs is 1. The molecule has 0 aliphatic carbocycles. The van der Waals surface area contributed by atoms with Gasteiger partial charge in [0.05, 0.1) is 5.92 Å². The molecule has 2 aromatic rings. The van der Waals surface area contributed by atoms with Crippen LogP contribution in [0.4, 0.5) is 0 Å². The van der Waals surface area contributed by atoms with Gasteiger partial charge in [-0.25, -0.2) is 0 Å². The van der Waals surface area contributed by atoms with E-state index >= 15 is 0 Å². The Balaban J connectivity index is 2.27. The van der Waals surface area contributed by atoms with Crippen molar-refractivity contribution in [1.29, 1.82) is 0 Å². The Morgan fingerprint density at radius 2 is 2.16 bits per heavy atom. The first kappa shape index (κ1) is 13.5. The Kier molecular flexibility index (Phi) is 4.47. The summed E-state index contributed by atoms with van der Waals surface area (Å²) < 4.78 is 0. The van der Waals surface area contributed by atoms with Crippen LogP contribution in [-0.2, 0) is 11.2 Å². The van der Waals surface area contributed by atoms with E-state index in [2.05, 4.69) is 16.4 Å². The highest BCUT2D eigenvalue weighted by molar-refractivity contribution is 5.86. The largest absolute Gasteiger partial charge is 0.356 e. The number of pyridine rings is 1. The Labute approximate surface area is 113 Å². The molecule has 4 nitrogen and oxygen atoms in total. The summed E-state index contributed by atoms with van der Waals surface area (Å²) in [5.74, 6) is -0.189. The van der Waals surface area contributed by atoms with E-state index in [9.17, 15) is 4.79 Å². The van der Waals surface area contributed by atoms with Crippen LogP contribution in [0.3, 0.4) is 0 Å². The Morgan fingerprint density at radius 3 is 2.89 bits per heavy atom. The van der Waals surface area contributed by atoms with E-state index in [1.165, 1.54) is 0 Å². The van der Waals surface area contributed by atoms with Gasteiger partial charge in [0.15, 0.2) is 0 Å². The average molecular weight is 257 g/mol. The summed E-state index contributed by atoms with van der Waals surface area (Å²) in [6, 6.07) is 8.06. The standard InChI is InChI=1S/C15H19N3O/c1-2-18-15(19)12(8-16)7-13-10-17-9-11-5-3-4-6-14(11)13/h3-6,9-10,12H,2,7-8,16H2,1H3,(H,18,19). The number of nitrogens with zero attached hydrogens (tertiary/aromatic N) is 1. The van der Waals surface area contributed by atoms with E-state index in [0.717, 1.165) is 16.3 Å². The SMILES string of the molecule is CCNC(=O)C(CN)Cc1cncc2ccccc12. The van der Waals surface area contributed by atoms with Crippen LogP contribution in [-0.4, -0.2) is 24.0 Å². The highest BCUT2D eigenvalue weighted by Gasteiger charge is 2.17. The molecular formula is C15H19N3O. The first-order valence-electron chi connectivity index (χ1n) is 6.55. The fraction of sp³-hybridized carbons (Fsp3) is 0.333. The van der Waals surface area contributed by atoms with Crippen molar-refractivity contribution >= 4 is 16.7 Å². The minimum atomic E-state index is -0.201. The van der Waals surface area contributed by atoms with Gasteiger partial charge >= 0.3 is 0 Å². The van der Waals surface area contributed by atoms with Crippen molar-refractivity contribution in [2.75, 3.05) is 13.1 Å². The monoisotopic (exact) mass is 257 g/mol. The molecule has 1 amide bonds. The molecule has 4 heteroatoms. The fourth-order valence-electron chi connectivity index (χ4n) is 2.21. The van der Waals surface area contributed by atoms with Crippen molar-refractivity contribution in [3.8, 4) is 0 Å². The van der Waals surface area contributed by atoms with Gasteiger partial charge in [0.25, 0.3) is 0 Å². The Hall–Kier alpha value is -1.94. The normalized spacial score (nSPS) is 12.3. The first-order chi connectivity index (χ1) is 9.26. The van der Waals surface area contributed by atoms with Crippen molar-refractivity contribution < 1.29 is 4.79 Å². The van der Waals surface area contributed by atoms with Gasteiger partial charge in [0, 0.05) is 30.9 Å². The predicted octanol–water partition coefficient (Wildman–Crippen LogP) is 1.49. The van der Waals surface area contributed by atoms with Gasteiger partial charge in [0.2, 0.25) is 5.91 Å². The van der Waals surface area contributed by atoms with Gasteiger partial charge < -0.3 is 11.1 Å². The highest BCUT2D eigenvalue weighted by atomic mass is 16.1. The second-order valence-electron chi connectivity index (χ2n) is 4.55. The lowest BCUT2D eigenvalue weighted by molar-refractivity contribution is -0.124. The number of hydrogen-bond donors (Lipinski definition) is 2. The molecule has 1 unspecified atom stereocenters. The fourth-order valence-corrected chi connectivity index (χ4v) is 2.21. The van der Waals surface area contributed by atoms with E-state index in [-0.39, 0.29) is 11.8 Å². The molecule has 0 spiro atoms. The molecule has 1 aromatic carbocycles. The van der Waals surface area contributed by atoms with Crippen LogP contribution in [0.5, 0.6) is 0 Å². The van der Waals surface area contributed by atoms with E-state index in [1.54, 1.807) is 0 Å². The number of amides is 1. The number of benzene rings is 1. The van der Waals surface area contributed by atoms with E-state index in [1.807, 2.05) is 37.5 Å². The molecule has 0 radical (unpaired) electrons. The zero-order chi connectivity index (χ0) is 13.7. The summed E-state index contributed by atoms with van der Waals surface area (Å²) in [4.78, 5) is 16.1. The minimum Gasteiger partial charge on any atom is -0.356 e. The molecule has 0 bridgehead atoms. The Bertz CT molecular complexity index is 563. The van der Waals surface area contributed by atoms with E-state index < -0.39 is 0 Å². The molecule has 1 heterocycles. The van der Waals surface area contributed by atoms with Gasteiger partial charge in [-0.15, -0.1) is 0 Å². The van der Waals surface area contributed by atoms with Crippen molar-refractivity contribution in [2.45, 2.75) is 13.3 Å². The lowest BCUT2D eigenvalue weighted by atomic mass is 9.96. The summed E-state index contributed by atoms with van der Waals surface area (Å²) in [5, 5.41) is 5.05. The van der Waals surface area contributed by atoms with Crippen LogP contribution >= 0.6 is 0 Å². The van der Waals surface area contributed by atoms with Crippen molar-refractivity contribution in [1.82, 2.24) is 10.3 Å². The lowest BCUT2D eigenvalue weighted by Crippen LogP contribution is -2.36.